The second kappa shape index (κ2) is 6.80. The summed E-state index contributed by atoms with van der Waals surface area (Å²) in [6.45, 7) is 4.37. The lowest BCUT2D eigenvalue weighted by molar-refractivity contribution is 0.486. The Balaban J connectivity index is 3.08. The zero-order valence-electron chi connectivity index (χ0n) is 7.34. The van der Waals surface area contributed by atoms with Gasteiger partial charge in [-0.25, -0.2) is 0 Å². The molecule has 0 fully saturated rings. The topological polar surface area (TPSA) is 40.1 Å². The normalized spacial score (nSPS) is 16.3. The minimum Gasteiger partial charge on any atom is -0.772 e. The first-order valence-corrected chi connectivity index (χ1v) is 5.47. The molecule has 0 aliphatic carbocycles. The van der Waals surface area contributed by atoms with Crippen molar-refractivity contribution in [2.75, 3.05) is 5.75 Å². The summed E-state index contributed by atoms with van der Waals surface area (Å²) in [6.07, 6.45) is 4.22. The van der Waals surface area contributed by atoms with E-state index in [0.29, 0.717) is 5.75 Å². The van der Waals surface area contributed by atoms with Crippen molar-refractivity contribution >= 4 is 11.1 Å². The van der Waals surface area contributed by atoms with Crippen molar-refractivity contribution in [3.05, 3.63) is 0 Å². The van der Waals surface area contributed by atoms with Gasteiger partial charge in [0.25, 0.3) is 0 Å². The third kappa shape index (κ3) is 8.01. The highest BCUT2D eigenvalue weighted by molar-refractivity contribution is 7.79. The Hall–Kier alpha value is 0.110. The predicted molar refractivity (Wildman–Crippen MR) is 47.1 cm³/mol. The molecule has 0 rings (SSSR count). The summed E-state index contributed by atoms with van der Waals surface area (Å²) in [5, 5.41) is 0. The highest BCUT2D eigenvalue weighted by Gasteiger charge is 1.97. The first-order chi connectivity index (χ1) is 5.16. The van der Waals surface area contributed by atoms with Crippen LogP contribution in [0.4, 0.5) is 0 Å². The maximum Gasteiger partial charge on any atom is 0.0102 e. The molecule has 2 nitrogen and oxygen atoms in total. The largest absolute Gasteiger partial charge is 0.772 e. The molecule has 0 bridgehead atoms. The van der Waals surface area contributed by atoms with Crippen molar-refractivity contribution in [1.82, 2.24) is 0 Å². The number of hydrogen-bond donors (Lipinski definition) is 0. The maximum atomic E-state index is 10.1. The van der Waals surface area contributed by atoms with E-state index < -0.39 is 11.1 Å². The molecule has 3 heteroatoms. The molecule has 0 aromatic rings. The first-order valence-electron chi connectivity index (χ1n) is 4.22. The van der Waals surface area contributed by atoms with Gasteiger partial charge in [-0.1, -0.05) is 44.2 Å². The molecule has 0 amide bonds. The molecule has 68 valence electrons. The molecule has 0 aromatic heterocycles. The Labute approximate surface area is 71.7 Å². The van der Waals surface area contributed by atoms with E-state index in [-0.39, 0.29) is 0 Å². The van der Waals surface area contributed by atoms with Gasteiger partial charge in [0.2, 0.25) is 0 Å². The van der Waals surface area contributed by atoms with Crippen LogP contribution in [0.5, 0.6) is 0 Å². The molecule has 0 heterocycles. The van der Waals surface area contributed by atoms with Crippen LogP contribution in [0.25, 0.3) is 0 Å². The zero-order valence-corrected chi connectivity index (χ0v) is 8.15. The summed E-state index contributed by atoms with van der Waals surface area (Å²) in [7, 11) is 0. The van der Waals surface area contributed by atoms with Gasteiger partial charge in [0.15, 0.2) is 0 Å². The standard InChI is InChI=1S/C8H18O2S/c1-3-8(2)6-4-5-7-11(9)10/h8H,3-7H2,1-2H3,(H,9,10)/p-1. The highest BCUT2D eigenvalue weighted by atomic mass is 32.2. The fourth-order valence-electron chi connectivity index (χ4n) is 0.917. The fourth-order valence-corrected chi connectivity index (χ4v) is 1.36. The molecule has 0 saturated heterocycles. The van der Waals surface area contributed by atoms with Crippen LogP contribution in [0.3, 0.4) is 0 Å². The van der Waals surface area contributed by atoms with Gasteiger partial charge in [-0.2, -0.15) is 0 Å². The lowest BCUT2D eigenvalue weighted by Gasteiger charge is -2.08. The summed E-state index contributed by atoms with van der Waals surface area (Å²) in [4.78, 5) is 0. The summed E-state index contributed by atoms with van der Waals surface area (Å²) in [5.74, 6) is 1.08. The van der Waals surface area contributed by atoms with Crippen LogP contribution in [0.2, 0.25) is 0 Å². The monoisotopic (exact) mass is 177 g/mol. The molecule has 0 aromatic carbocycles. The number of unbranched alkanes of at least 4 members (excludes halogenated alkanes) is 1. The molecule has 0 aliphatic rings. The van der Waals surface area contributed by atoms with E-state index in [1.807, 2.05) is 0 Å². The summed E-state index contributed by atoms with van der Waals surface area (Å²) in [5.41, 5.74) is 0. The molecule has 2 unspecified atom stereocenters. The van der Waals surface area contributed by atoms with E-state index in [2.05, 4.69) is 13.8 Å². The Morgan fingerprint density at radius 1 is 1.45 bits per heavy atom. The van der Waals surface area contributed by atoms with E-state index in [1.54, 1.807) is 0 Å². The Morgan fingerprint density at radius 3 is 2.55 bits per heavy atom. The molecule has 0 spiro atoms. The lowest BCUT2D eigenvalue weighted by atomic mass is 10.0. The van der Waals surface area contributed by atoms with Crippen LogP contribution < -0.4 is 0 Å². The van der Waals surface area contributed by atoms with Crippen molar-refractivity contribution in [3.8, 4) is 0 Å². The molecule has 0 saturated carbocycles. The molecular weight excluding hydrogens is 160 g/mol. The van der Waals surface area contributed by atoms with Crippen molar-refractivity contribution in [3.63, 3.8) is 0 Å². The van der Waals surface area contributed by atoms with E-state index >= 15 is 0 Å². The van der Waals surface area contributed by atoms with E-state index in [0.717, 1.165) is 25.2 Å². The van der Waals surface area contributed by atoms with Crippen LogP contribution in [-0.2, 0) is 11.1 Å². The van der Waals surface area contributed by atoms with Gasteiger partial charge in [0.1, 0.15) is 0 Å². The summed E-state index contributed by atoms with van der Waals surface area (Å²) < 4.78 is 20.2. The first kappa shape index (κ1) is 11.1. The average Bonchev–Trinajstić information content (AvgIpc) is 1.97. The van der Waals surface area contributed by atoms with Crippen molar-refractivity contribution in [1.29, 1.82) is 0 Å². The molecule has 11 heavy (non-hydrogen) atoms. The van der Waals surface area contributed by atoms with E-state index in [4.69, 9.17) is 0 Å². The number of hydrogen-bond acceptors (Lipinski definition) is 2. The quantitative estimate of drug-likeness (QED) is 0.460. The highest BCUT2D eigenvalue weighted by Crippen LogP contribution is 2.10. The van der Waals surface area contributed by atoms with Gasteiger partial charge in [-0.3, -0.25) is 4.21 Å². The Morgan fingerprint density at radius 2 is 2.09 bits per heavy atom. The predicted octanol–water partition coefficient (Wildman–Crippen LogP) is 2.08. The Kier molecular flexibility index (Phi) is 6.87. The molecule has 0 aliphatic heterocycles. The minimum atomic E-state index is -1.83. The maximum absolute atomic E-state index is 10.1. The van der Waals surface area contributed by atoms with Crippen LogP contribution in [0, 0.1) is 5.92 Å². The second-order valence-electron chi connectivity index (χ2n) is 3.02. The van der Waals surface area contributed by atoms with Crippen LogP contribution in [0.1, 0.15) is 39.5 Å². The van der Waals surface area contributed by atoms with Gasteiger partial charge in [-0.05, 0) is 12.3 Å². The van der Waals surface area contributed by atoms with Gasteiger partial charge >= 0.3 is 0 Å². The molecular formula is C8H17O2S-. The van der Waals surface area contributed by atoms with Crippen LogP contribution >= 0.6 is 0 Å². The van der Waals surface area contributed by atoms with Gasteiger partial charge in [0.05, 0.1) is 0 Å². The van der Waals surface area contributed by atoms with Crippen LogP contribution in [-0.4, -0.2) is 14.5 Å². The smallest absolute Gasteiger partial charge is 0.0102 e. The van der Waals surface area contributed by atoms with Crippen molar-refractivity contribution in [2.45, 2.75) is 39.5 Å². The van der Waals surface area contributed by atoms with Gasteiger partial charge < -0.3 is 4.55 Å². The second-order valence-corrected chi connectivity index (χ2v) is 4.03. The molecule has 0 N–H and O–H groups in total. The Bertz CT molecular complexity index is 115. The minimum absolute atomic E-state index is 0.330. The SMILES string of the molecule is CCC(C)CCCCS(=O)[O-]. The fraction of sp³-hybridized carbons (Fsp3) is 1.00. The molecule has 2 atom stereocenters. The van der Waals surface area contributed by atoms with Crippen LogP contribution in [0.15, 0.2) is 0 Å². The molecule has 0 radical (unpaired) electrons. The third-order valence-corrected chi connectivity index (χ3v) is 2.58. The van der Waals surface area contributed by atoms with Crippen molar-refractivity contribution < 1.29 is 8.76 Å². The van der Waals surface area contributed by atoms with E-state index in [9.17, 15) is 8.76 Å². The van der Waals surface area contributed by atoms with E-state index in [1.165, 1.54) is 6.42 Å². The summed E-state index contributed by atoms with van der Waals surface area (Å²) >= 11 is -1.83. The third-order valence-electron chi connectivity index (χ3n) is 1.95. The van der Waals surface area contributed by atoms with Gasteiger partial charge in [0, 0.05) is 5.75 Å². The van der Waals surface area contributed by atoms with Gasteiger partial charge in [-0.15, -0.1) is 0 Å². The van der Waals surface area contributed by atoms with Crippen molar-refractivity contribution in [2.24, 2.45) is 5.92 Å². The summed E-state index contributed by atoms with van der Waals surface area (Å²) in [6, 6.07) is 0. The lowest BCUT2D eigenvalue weighted by Crippen LogP contribution is -1.97. The average molecular weight is 177 g/mol. The number of rotatable bonds is 6. The zero-order chi connectivity index (χ0) is 8.69.